The summed E-state index contributed by atoms with van der Waals surface area (Å²) in [7, 11) is 0. The Morgan fingerprint density at radius 2 is 2.08 bits per heavy atom. The third-order valence-electron chi connectivity index (χ3n) is 1.68. The molecular weight excluding hydrogens is 164 g/mol. The molecule has 0 aliphatic carbocycles. The Morgan fingerprint density at radius 1 is 1.46 bits per heavy atom. The standard InChI is InChI=1S/C9H20N4/c1-3-7-13(12)9(4-2)8(11)5-6-10/h4-5H,3,6-7,10-12H2,1-2H3/b8-5+,9-4+. The molecule has 0 saturated carbocycles. The van der Waals surface area contributed by atoms with Gasteiger partial charge in [0.15, 0.2) is 0 Å². The molecule has 0 atom stereocenters. The van der Waals surface area contributed by atoms with Crippen molar-refractivity contribution in [1.82, 2.24) is 5.01 Å². The molecule has 0 radical (unpaired) electrons. The van der Waals surface area contributed by atoms with Crippen molar-refractivity contribution in [2.24, 2.45) is 17.3 Å². The van der Waals surface area contributed by atoms with E-state index >= 15 is 0 Å². The first kappa shape index (κ1) is 12.0. The number of allylic oxidation sites excluding steroid dienone is 1. The van der Waals surface area contributed by atoms with Crippen molar-refractivity contribution in [3.63, 3.8) is 0 Å². The summed E-state index contributed by atoms with van der Waals surface area (Å²) in [6.45, 7) is 5.19. The lowest BCUT2D eigenvalue weighted by Crippen LogP contribution is -2.33. The molecule has 13 heavy (non-hydrogen) atoms. The number of hydrogen-bond donors (Lipinski definition) is 3. The van der Waals surface area contributed by atoms with Crippen LogP contribution in [0, 0.1) is 0 Å². The van der Waals surface area contributed by atoms with Gasteiger partial charge in [0.25, 0.3) is 0 Å². The highest BCUT2D eigenvalue weighted by molar-refractivity contribution is 5.26. The average Bonchev–Trinajstić information content (AvgIpc) is 2.06. The van der Waals surface area contributed by atoms with E-state index in [2.05, 4.69) is 6.92 Å². The van der Waals surface area contributed by atoms with Gasteiger partial charge in [0, 0.05) is 13.1 Å². The van der Waals surface area contributed by atoms with E-state index in [0.717, 1.165) is 18.7 Å². The predicted molar refractivity (Wildman–Crippen MR) is 56.3 cm³/mol. The minimum atomic E-state index is 0.434. The maximum Gasteiger partial charge on any atom is 0.0701 e. The Labute approximate surface area is 80.0 Å². The molecule has 4 nitrogen and oxygen atoms in total. The van der Waals surface area contributed by atoms with E-state index in [9.17, 15) is 0 Å². The molecule has 0 aliphatic heterocycles. The molecule has 0 spiro atoms. The van der Waals surface area contributed by atoms with Crippen LogP contribution in [0.2, 0.25) is 0 Å². The maximum absolute atomic E-state index is 5.77. The van der Waals surface area contributed by atoms with Gasteiger partial charge in [-0.05, 0) is 19.4 Å². The molecule has 0 amide bonds. The highest BCUT2D eigenvalue weighted by Gasteiger charge is 2.04. The monoisotopic (exact) mass is 184 g/mol. The van der Waals surface area contributed by atoms with Crippen LogP contribution in [0.15, 0.2) is 23.5 Å². The van der Waals surface area contributed by atoms with Crippen LogP contribution in [0.4, 0.5) is 0 Å². The first-order valence-electron chi connectivity index (χ1n) is 4.52. The molecule has 4 heteroatoms. The van der Waals surface area contributed by atoms with Gasteiger partial charge in [0.05, 0.1) is 11.4 Å². The van der Waals surface area contributed by atoms with Gasteiger partial charge < -0.3 is 16.5 Å². The highest BCUT2D eigenvalue weighted by Crippen LogP contribution is 2.06. The van der Waals surface area contributed by atoms with Crippen molar-refractivity contribution in [1.29, 1.82) is 0 Å². The zero-order valence-electron chi connectivity index (χ0n) is 8.46. The summed E-state index contributed by atoms with van der Waals surface area (Å²) >= 11 is 0. The second-order valence-corrected chi connectivity index (χ2v) is 2.76. The Hall–Kier alpha value is -1.00. The minimum Gasteiger partial charge on any atom is -0.397 e. The molecule has 0 rings (SSSR count). The lowest BCUT2D eigenvalue weighted by atomic mass is 10.2. The fourth-order valence-corrected chi connectivity index (χ4v) is 1.09. The van der Waals surface area contributed by atoms with Crippen molar-refractivity contribution in [2.45, 2.75) is 20.3 Å². The van der Waals surface area contributed by atoms with Gasteiger partial charge in [-0.3, -0.25) is 0 Å². The molecule has 0 heterocycles. The van der Waals surface area contributed by atoms with Gasteiger partial charge in [0.1, 0.15) is 0 Å². The van der Waals surface area contributed by atoms with Gasteiger partial charge in [-0.1, -0.05) is 13.0 Å². The molecule has 0 aliphatic rings. The van der Waals surface area contributed by atoms with E-state index in [1.54, 1.807) is 11.1 Å². The molecule has 0 fully saturated rings. The van der Waals surface area contributed by atoms with Crippen LogP contribution in [-0.4, -0.2) is 18.1 Å². The molecule has 0 aromatic carbocycles. The average molecular weight is 184 g/mol. The van der Waals surface area contributed by atoms with Gasteiger partial charge in [-0.2, -0.15) is 0 Å². The van der Waals surface area contributed by atoms with E-state index in [4.69, 9.17) is 17.3 Å². The minimum absolute atomic E-state index is 0.434. The van der Waals surface area contributed by atoms with Gasteiger partial charge in [-0.25, -0.2) is 5.84 Å². The lowest BCUT2D eigenvalue weighted by molar-refractivity contribution is 0.364. The first-order valence-corrected chi connectivity index (χ1v) is 4.52. The fourth-order valence-electron chi connectivity index (χ4n) is 1.09. The number of nitrogens with two attached hydrogens (primary N) is 3. The van der Waals surface area contributed by atoms with E-state index in [1.807, 2.05) is 13.0 Å². The Morgan fingerprint density at radius 3 is 2.46 bits per heavy atom. The second kappa shape index (κ2) is 6.51. The summed E-state index contributed by atoms with van der Waals surface area (Å²) < 4.78 is 0. The van der Waals surface area contributed by atoms with Crippen molar-refractivity contribution in [2.75, 3.05) is 13.1 Å². The molecule has 76 valence electrons. The van der Waals surface area contributed by atoms with E-state index < -0.39 is 0 Å². The van der Waals surface area contributed by atoms with Crippen LogP contribution in [-0.2, 0) is 0 Å². The number of hydrogen-bond acceptors (Lipinski definition) is 4. The van der Waals surface area contributed by atoms with Crippen LogP contribution >= 0.6 is 0 Å². The van der Waals surface area contributed by atoms with E-state index in [-0.39, 0.29) is 0 Å². The lowest BCUT2D eigenvalue weighted by Gasteiger charge is -2.21. The molecule has 0 unspecified atom stereocenters. The Balaban J connectivity index is 4.43. The van der Waals surface area contributed by atoms with Crippen molar-refractivity contribution >= 4 is 0 Å². The number of hydrazine groups is 1. The molecule has 0 bridgehead atoms. The van der Waals surface area contributed by atoms with Gasteiger partial charge in [0.2, 0.25) is 0 Å². The SMILES string of the molecule is C/C=C(\C(N)=C/CN)N(N)CCC. The Bertz CT molecular complexity index is 196. The predicted octanol–water partition coefficient (Wildman–Crippen LogP) is 0.277. The van der Waals surface area contributed by atoms with Gasteiger partial charge >= 0.3 is 0 Å². The topological polar surface area (TPSA) is 81.3 Å². The summed E-state index contributed by atoms with van der Waals surface area (Å²) in [4.78, 5) is 0. The summed E-state index contributed by atoms with van der Waals surface area (Å²) in [5, 5.41) is 1.64. The van der Waals surface area contributed by atoms with Crippen LogP contribution in [0.3, 0.4) is 0 Å². The van der Waals surface area contributed by atoms with E-state index in [0.29, 0.717) is 12.2 Å². The van der Waals surface area contributed by atoms with Crippen LogP contribution in [0.1, 0.15) is 20.3 Å². The highest BCUT2D eigenvalue weighted by atomic mass is 15.4. The maximum atomic E-state index is 5.77. The van der Waals surface area contributed by atoms with E-state index in [1.165, 1.54) is 0 Å². The second-order valence-electron chi connectivity index (χ2n) is 2.76. The normalized spacial score (nSPS) is 13.2. The van der Waals surface area contributed by atoms with Crippen LogP contribution < -0.4 is 17.3 Å². The van der Waals surface area contributed by atoms with Gasteiger partial charge in [-0.15, -0.1) is 0 Å². The third-order valence-corrected chi connectivity index (χ3v) is 1.68. The van der Waals surface area contributed by atoms with Crippen LogP contribution in [0.5, 0.6) is 0 Å². The fraction of sp³-hybridized carbons (Fsp3) is 0.556. The quantitative estimate of drug-likeness (QED) is 0.325. The third kappa shape index (κ3) is 3.96. The summed E-state index contributed by atoms with van der Waals surface area (Å²) in [5.74, 6) is 5.77. The summed E-state index contributed by atoms with van der Waals surface area (Å²) in [6, 6.07) is 0. The smallest absolute Gasteiger partial charge is 0.0701 e. The molecular formula is C9H20N4. The molecule has 0 saturated heterocycles. The largest absolute Gasteiger partial charge is 0.397 e. The zero-order valence-corrected chi connectivity index (χ0v) is 8.46. The summed E-state index contributed by atoms with van der Waals surface area (Å²) in [6.07, 6.45) is 4.63. The number of nitrogens with zero attached hydrogens (tertiary/aromatic N) is 1. The van der Waals surface area contributed by atoms with Crippen molar-refractivity contribution in [3.05, 3.63) is 23.5 Å². The first-order chi connectivity index (χ1) is 6.17. The van der Waals surface area contributed by atoms with Crippen molar-refractivity contribution in [3.8, 4) is 0 Å². The molecule has 6 N–H and O–H groups in total. The molecule has 0 aromatic rings. The Kier molecular flexibility index (Phi) is 6.01. The van der Waals surface area contributed by atoms with Crippen LogP contribution in [0.25, 0.3) is 0 Å². The summed E-state index contributed by atoms with van der Waals surface area (Å²) in [5.41, 5.74) is 12.6. The molecule has 0 aromatic heterocycles. The van der Waals surface area contributed by atoms with Crippen molar-refractivity contribution < 1.29 is 0 Å². The number of rotatable bonds is 5. The zero-order chi connectivity index (χ0) is 10.3.